The van der Waals surface area contributed by atoms with Crippen LogP contribution in [0.3, 0.4) is 0 Å². The predicted molar refractivity (Wildman–Crippen MR) is 137 cm³/mol. The summed E-state index contributed by atoms with van der Waals surface area (Å²) >= 11 is 6.00. The highest BCUT2D eigenvalue weighted by molar-refractivity contribution is 7.92. The number of sulfonamides is 1. The van der Waals surface area contributed by atoms with E-state index in [9.17, 15) is 18.0 Å². The number of carbonyl (C=O) groups excluding carboxylic acids is 2. The van der Waals surface area contributed by atoms with Gasteiger partial charge in [-0.2, -0.15) is 0 Å². The Morgan fingerprint density at radius 3 is 2.20 bits per heavy atom. The topological polar surface area (TPSA) is 102 Å². The minimum Gasteiger partial charge on any atom is -0.366 e. The molecule has 0 spiro atoms. The lowest BCUT2D eigenvalue weighted by molar-refractivity contribution is -0.133. The zero-order valence-corrected chi connectivity index (χ0v) is 21.2. The third kappa shape index (κ3) is 6.58. The number of benzene rings is 2. The quantitative estimate of drug-likeness (QED) is 0.585. The molecule has 35 heavy (non-hydrogen) atoms. The highest BCUT2D eigenvalue weighted by atomic mass is 35.5. The van der Waals surface area contributed by atoms with Crippen molar-refractivity contribution >= 4 is 44.9 Å². The maximum atomic E-state index is 13.5. The van der Waals surface area contributed by atoms with Crippen molar-refractivity contribution in [1.82, 2.24) is 15.1 Å². The molecule has 2 aliphatic rings. The number of hydrogen-bond donors (Lipinski definition) is 2. The fourth-order valence-electron chi connectivity index (χ4n) is 4.24. The Bertz CT molecular complexity index is 1160. The van der Waals surface area contributed by atoms with Crippen LogP contribution in [0.2, 0.25) is 5.02 Å². The maximum absolute atomic E-state index is 13.5. The molecule has 2 aromatic rings. The van der Waals surface area contributed by atoms with Crippen LogP contribution in [0.15, 0.2) is 48.5 Å². The minimum atomic E-state index is -3.42. The van der Waals surface area contributed by atoms with Crippen LogP contribution in [0, 0.1) is 0 Å². The smallest absolute Gasteiger partial charge is 0.318 e. The summed E-state index contributed by atoms with van der Waals surface area (Å²) in [7, 11) is -3.42. The first-order valence-electron chi connectivity index (χ1n) is 11.6. The van der Waals surface area contributed by atoms with Crippen LogP contribution in [0.25, 0.3) is 0 Å². The molecule has 0 bridgehead atoms. The van der Waals surface area contributed by atoms with E-state index < -0.39 is 16.1 Å². The molecule has 4 rings (SSSR count). The van der Waals surface area contributed by atoms with Crippen molar-refractivity contribution in [2.45, 2.75) is 18.9 Å². The van der Waals surface area contributed by atoms with Gasteiger partial charge in [0.2, 0.25) is 15.9 Å². The van der Waals surface area contributed by atoms with Crippen molar-refractivity contribution in [1.29, 1.82) is 0 Å². The Morgan fingerprint density at radius 1 is 0.943 bits per heavy atom. The Labute approximate surface area is 211 Å². The van der Waals surface area contributed by atoms with Gasteiger partial charge in [0, 0.05) is 50.7 Å². The molecule has 1 atom stereocenters. The Kier molecular flexibility index (Phi) is 7.71. The second-order valence-corrected chi connectivity index (χ2v) is 11.1. The molecule has 2 aliphatic heterocycles. The average Bonchev–Trinajstić information content (AvgIpc) is 2.78. The monoisotopic (exact) mass is 519 g/mol. The lowest BCUT2D eigenvalue weighted by atomic mass is 10.0. The van der Waals surface area contributed by atoms with E-state index in [1.807, 2.05) is 24.3 Å². The molecular formula is C24H30ClN5O4S. The molecule has 11 heteroatoms. The lowest BCUT2D eigenvalue weighted by Crippen LogP contribution is -2.58. The van der Waals surface area contributed by atoms with E-state index in [0.717, 1.165) is 23.9 Å². The zero-order valence-electron chi connectivity index (χ0n) is 19.6. The van der Waals surface area contributed by atoms with Gasteiger partial charge in [-0.15, -0.1) is 0 Å². The SMILES string of the molecule is CS(=O)(=O)Nc1ccccc1N1CCN(C(=O)[C@@H](Cc2ccc(Cl)cc2)NC(=O)N2CCC2)CC1. The molecule has 2 N–H and O–H groups in total. The summed E-state index contributed by atoms with van der Waals surface area (Å²) in [6.07, 6.45) is 2.47. The second kappa shape index (κ2) is 10.7. The highest BCUT2D eigenvalue weighted by Crippen LogP contribution is 2.27. The first-order chi connectivity index (χ1) is 16.7. The Balaban J connectivity index is 1.44. The molecule has 2 heterocycles. The number of halogens is 1. The normalized spacial score (nSPS) is 16.9. The van der Waals surface area contributed by atoms with Gasteiger partial charge < -0.3 is 20.0 Å². The van der Waals surface area contributed by atoms with Gasteiger partial charge in [0.05, 0.1) is 17.6 Å². The zero-order chi connectivity index (χ0) is 25.0. The van der Waals surface area contributed by atoms with E-state index in [2.05, 4.69) is 14.9 Å². The molecule has 188 valence electrons. The van der Waals surface area contributed by atoms with E-state index in [0.29, 0.717) is 56.4 Å². The Hall–Kier alpha value is -2.98. The number of carbonyl (C=O) groups is 2. The summed E-state index contributed by atoms with van der Waals surface area (Å²) in [6.45, 7) is 3.41. The average molecular weight is 520 g/mol. The van der Waals surface area contributed by atoms with Gasteiger partial charge in [-0.25, -0.2) is 13.2 Å². The van der Waals surface area contributed by atoms with Crippen molar-refractivity contribution in [2.75, 3.05) is 55.1 Å². The first kappa shape index (κ1) is 25.1. The van der Waals surface area contributed by atoms with Gasteiger partial charge in [0.25, 0.3) is 0 Å². The van der Waals surface area contributed by atoms with Crippen molar-refractivity contribution in [2.24, 2.45) is 0 Å². The largest absolute Gasteiger partial charge is 0.366 e. The highest BCUT2D eigenvalue weighted by Gasteiger charge is 2.31. The third-order valence-electron chi connectivity index (χ3n) is 6.22. The van der Waals surface area contributed by atoms with E-state index in [-0.39, 0.29) is 11.9 Å². The number of nitrogens with one attached hydrogen (secondary N) is 2. The number of urea groups is 1. The van der Waals surface area contributed by atoms with Gasteiger partial charge >= 0.3 is 6.03 Å². The van der Waals surface area contributed by atoms with Crippen LogP contribution in [0.4, 0.5) is 16.2 Å². The van der Waals surface area contributed by atoms with Crippen molar-refractivity contribution in [3.05, 3.63) is 59.1 Å². The number of hydrogen-bond acceptors (Lipinski definition) is 5. The van der Waals surface area contributed by atoms with Crippen LogP contribution in [-0.4, -0.2) is 81.7 Å². The number of anilines is 2. The van der Waals surface area contributed by atoms with Gasteiger partial charge in [0.15, 0.2) is 0 Å². The third-order valence-corrected chi connectivity index (χ3v) is 7.07. The lowest BCUT2D eigenvalue weighted by Gasteiger charge is -2.39. The number of likely N-dealkylation sites (tertiary alicyclic amines) is 1. The van der Waals surface area contributed by atoms with Gasteiger partial charge in [-0.3, -0.25) is 9.52 Å². The molecule has 2 aromatic carbocycles. The summed E-state index contributed by atoms with van der Waals surface area (Å²) in [5.74, 6) is -0.129. The van der Waals surface area contributed by atoms with E-state index in [1.165, 1.54) is 0 Å². The Morgan fingerprint density at radius 2 is 1.60 bits per heavy atom. The van der Waals surface area contributed by atoms with Gasteiger partial charge in [-0.1, -0.05) is 35.9 Å². The first-order valence-corrected chi connectivity index (χ1v) is 13.9. The van der Waals surface area contributed by atoms with Crippen LogP contribution >= 0.6 is 11.6 Å². The number of amides is 3. The second-order valence-electron chi connectivity index (χ2n) is 8.88. The van der Waals surface area contributed by atoms with Crippen LogP contribution < -0.4 is 14.9 Å². The molecule has 0 radical (unpaired) electrons. The molecule has 2 fully saturated rings. The fourth-order valence-corrected chi connectivity index (χ4v) is 4.94. The molecule has 0 aromatic heterocycles. The summed E-state index contributed by atoms with van der Waals surface area (Å²) in [5.41, 5.74) is 2.20. The minimum absolute atomic E-state index is 0.129. The molecule has 0 aliphatic carbocycles. The van der Waals surface area contributed by atoms with Crippen LogP contribution in [0.5, 0.6) is 0 Å². The molecular weight excluding hydrogens is 490 g/mol. The molecule has 9 nitrogen and oxygen atoms in total. The number of para-hydroxylation sites is 2. The van der Waals surface area contributed by atoms with Gasteiger partial charge in [0.1, 0.15) is 6.04 Å². The molecule has 2 saturated heterocycles. The van der Waals surface area contributed by atoms with Crippen molar-refractivity contribution in [3.8, 4) is 0 Å². The molecule has 0 saturated carbocycles. The number of piperazine rings is 1. The fraction of sp³-hybridized carbons (Fsp3) is 0.417. The molecule has 3 amide bonds. The summed E-state index contributed by atoms with van der Waals surface area (Å²) in [6, 6.07) is 13.6. The van der Waals surface area contributed by atoms with Crippen LogP contribution in [0.1, 0.15) is 12.0 Å². The summed E-state index contributed by atoms with van der Waals surface area (Å²) in [5, 5.41) is 3.54. The summed E-state index contributed by atoms with van der Waals surface area (Å²) in [4.78, 5) is 31.6. The van der Waals surface area contributed by atoms with E-state index in [1.54, 1.807) is 34.1 Å². The maximum Gasteiger partial charge on any atom is 0.318 e. The number of rotatable bonds is 7. The predicted octanol–water partition coefficient (Wildman–Crippen LogP) is 2.39. The van der Waals surface area contributed by atoms with Crippen molar-refractivity contribution in [3.63, 3.8) is 0 Å². The van der Waals surface area contributed by atoms with E-state index >= 15 is 0 Å². The van der Waals surface area contributed by atoms with Gasteiger partial charge in [-0.05, 0) is 36.2 Å². The standard InChI is InChI=1S/C24H30ClN5O4S/c1-35(33,34)27-20-5-2-3-6-22(20)28-13-15-29(16-14-28)23(31)21(26-24(32)30-11-4-12-30)17-18-7-9-19(25)10-8-18/h2-3,5-10,21,27H,4,11-17H2,1H3,(H,26,32)/t21-/m1/s1. The molecule has 0 unspecified atom stereocenters. The van der Waals surface area contributed by atoms with Crippen LogP contribution in [-0.2, 0) is 21.2 Å². The van der Waals surface area contributed by atoms with Crippen molar-refractivity contribution < 1.29 is 18.0 Å². The van der Waals surface area contributed by atoms with E-state index in [4.69, 9.17) is 11.6 Å². The number of nitrogens with zero attached hydrogens (tertiary/aromatic N) is 3. The summed E-state index contributed by atoms with van der Waals surface area (Å²) < 4.78 is 26.1.